The van der Waals surface area contributed by atoms with E-state index in [9.17, 15) is 4.79 Å². The Kier molecular flexibility index (Phi) is 5.86. The highest BCUT2D eigenvalue weighted by Crippen LogP contribution is 2.35. The first-order chi connectivity index (χ1) is 14.2. The maximum atomic E-state index is 13.1. The van der Waals surface area contributed by atoms with Crippen molar-refractivity contribution in [2.75, 3.05) is 33.4 Å². The molecule has 2 aromatic carbocycles. The van der Waals surface area contributed by atoms with E-state index < -0.39 is 0 Å². The van der Waals surface area contributed by atoms with Gasteiger partial charge in [0.2, 0.25) is 5.91 Å². The minimum atomic E-state index is -0.0166. The van der Waals surface area contributed by atoms with Gasteiger partial charge in [-0.15, -0.1) is 0 Å². The fraction of sp³-hybridized carbons (Fsp3) is 0.375. The first-order valence-corrected chi connectivity index (χ1v) is 10.3. The van der Waals surface area contributed by atoms with Crippen LogP contribution in [0.3, 0.4) is 0 Å². The highest BCUT2D eigenvalue weighted by Gasteiger charge is 2.25. The molecule has 0 saturated carbocycles. The van der Waals surface area contributed by atoms with Gasteiger partial charge in [-0.3, -0.25) is 4.79 Å². The fourth-order valence-corrected chi connectivity index (χ4v) is 4.18. The molecule has 0 radical (unpaired) electrons. The van der Waals surface area contributed by atoms with Gasteiger partial charge in [0, 0.05) is 42.5 Å². The van der Waals surface area contributed by atoms with Crippen molar-refractivity contribution in [1.29, 1.82) is 0 Å². The number of morpholine rings is 1. The summed E-state index contributed by atoms with van der Waals surface area (Å²) in [6, 6.07) is 14.5. The zero-order valence-electron chi connectivity index (χ0n) is 17.1. The van der Waals surface area contributed by atoms with E-state index in [4.69, 9.17) is 9.47 Å². The first kappa shape index (κ1) is 19.5. The van der Waals surface area contributed by atoms with E-state index >= 15 is 0 Å². The van der Waals surface area contributed by atoms with Crippen molar-refractivity contribution in [1.82, 2.24) is 9.88 Å². The Morgan fingerprint density at radius 2 is 1.93 bits per heavy atom. The van der Waals surface area contributed by atoms with Crippen LogP contribution >= 0.6 is 0 Å². The van der Waals surface area contributed by atoms with E-state index in [1.165, 1.54) is 22.0 Å². The van der Waals surface area contributed by atoms with E-state index in [1.54, 1.807) is 7.11 Å². The topological polar surface area (TPSA) is 54.6 Å². The van der Waals surface area contributed by atoms with Crippen LogP contribution in [0.2, 0.25) is 0 Å². The number of benzene rings is 2. The lowest BCUT2D eigenvalue weighted by Crippen LogP contribution is -2.41. The van der Waals surface area contributed by atoms with Gasteiger partial charge in [0.1, 0.15) is 5.75 Å². The molecule has 5 nitrogen and oxygen atoms in total. The number of rotatable bonds is 6. The number of ether oxygens (including phenoxy) is 2. The number of H-pyrrole nitrogens is 1. The molecule has 4 rings (SSSR count). The lowest BCUT2D eigenvalue weighted by atomic mass is 9.87. The van der Waals surface area contributed by atoms with Crippen LogP contribution in [-0.4, -0.2) is 49.2 Å². The molecule has 1 aliphatic rings. The highest BCUT2D eigenvalue weighted by molar-refractivity contribution is 5.88. The number of amides is 1. The molecule has 29 heavy (non-hydrogen) atoms. The van der Waals surface area contributed by atoms with Crippen LogP contribution in [0.5, 0.6) is 5.75 Å². The van der Waals surface area contributed by atoms with Crippen molar-refractivity contribution in [3.05, 3.63) is 65.4 Å². The summed E-state index contributed by atoms with van der Waals surface area (Å²) in [6.45, 7) is 4.74. The average molecular weight is 392 g/mol. The molecule has 1 N–H and O–H groups in total. The Morgan fingerprint density at radius 3 is 2.62 bits per heavy atom. The van der Waals surface area contributed by atoms with Crippen LogP contribution in [0.4, 0.5) is 0 Å². The van der Waals surface area contributed by atoms with Crippen LogP contribution in [-0.2, 0) is 16.0 Å². The largest absolute Gasteiger partial charge is 0.497 e. The van der Waals surface area contributed by atoms with Gasteiger partial charge in [0.05, 0.1) is 20.3 Å². The molecule has 3 aromatic rings. The zero-order chi connectivity index (χ0) is 20.2. The zero-order valence-corrected chi connectivity index (χ0v) is 17.1. The summed E-state index contributed by atoms with van der Waals surface area (Å²) < 4.78 is 10.7. The molecule has 152 valence electrons. The average Bonchev–Trinajstić information content (AvgIpc) is 3.22. The van der Waals surface area contributed by atoms with Crippen molar-refractivity contribution in [2.45, 2.75) is 25.7 Å². The van der Waals surface area contributed by atoms with Crippen molar-refractivity contribution in [2.24, 2.45) is 0 Å². The monoisotopic (exact) mass is 392 g/mol. The highest BCUT2D eigenvalue weighted by atomic mass is 16.5. The Morgan fingerprint density at radius 1 is 1.17 bits per heavy atom. The van der Waals surface area contributed by atoms with Gasteiger partial charge < -0.3 is 19.4 Å². The number of carbonyl (C=O) groups is 1. The number of methoxy groups -OCH3 is 1. The maximum Gasteiger partial charge on any atom is 0.223 e. The first-order valence-electron chi connectivity index (χ1n) is 10.3. The number of aromatic amines is 1. The number of hydrogen-bond acceptors (Lipinski definition) is 3. The van der Waals surface area contributed by atoms with Crippen LogP contribution in [0.1, 0.15) is 36.0 Å². The number of hydrogen-bond donors (Lipinski definition) is 1. The molecule has 1 aliphatic heterocycles. The molecule has 1 saturated heterocycles. The Bertz CT molecular complexity index is 971. The van der Waals surface area contributed by atoms with Crippen LogP contribution in [0.15, 0.2) is 48.7 Å². The third-order valence-electron chi connectivity index (χ3n) is 5.85. The number of nitrogens with one attached hydrogen (secondary N) is 1. The fourth-order valence-electron chi connectivity index (χ4n) is 4.18. The van der Waals surface area contributed by atoms with Crippen LogP contribution in [0, 0.1) is 0 Å². The number of fused-ring (bicyclic) bond motifs is 1. The molecule has 1 atom stereocenters. The Hall–Kier alpha value is -2.79. The van der Waals surface area contributed by atoms with E-state index in [0.29, 0.717) is 32.7 Å². The second kappa shape index (κ2) is 8.70. The predicted molar refractivity (Wildman–Crippen MR) is 115 cm³/mol. The number of aromatic nitrogens is 1. The van der Waals surface area contributed by atoms with Crippen molar-refractivity contribution >= 4 is 16.8 Å². The second-order valence-corrected chi connectivity index (χ2v) is 7.46. The molecule has 0 aliphatic carbocycles. The molecular weight excluding hydrogens is 364 g/mol. The minimum absolute atomic E-state index is 0.0166. The quantitative estimate of drug-likeness (QED) is 0.687. The molecular formula is C24H28N2O3. The van der Waals surface area contributed by atoms with E-state index in [2.05, 4.69) is 48.4 Å². The molecule has 0 unspecified atom stereocenters. The summed E-state index contributed by atoms with van der Waals surface area (Å²) in [7, 11) is 1.67. The van der Waals surface area contributed by atoms with E-state index in [1.807, 2.05) is 17.0 Å². The van der Waals surface area contributed by atoms with E-state index in [-0.39, 0.29) is 11.8 Å². The lowest BCUT2D eigenvalue weighted by Gasteiger charge is -2.28. The maximum absolute atomic E-state index is 13.1. The van der Waals surface area contributed by atoms with Gasteiger partial charge >= 0.3 is 0 Å². The summed E-state index contributed by atoms with van der Waals surface area (Å²) >= 11 is 0. The van der Waals surface area contributed by atoms with Gasteiger partial charge in [-0.1, -0.05) is 37.3 Å². The summed E-state index contributed by atoms with van der Waals surface area (Å²) in [6.07, 6.45) is 3.48. The van der Waals surface area contributed by atoms with Crippen molar-refractivity contribution < 1.29 is 14.3 Å². The van der Waals surface area contributed by atoms with Crippen LogP contribution in [0.25, 0.3) is 10.9 Å². The summed E-state index contributed by atoms with van der Waals surface area (Å²) in [5, 5.41) is 1.19. The van der Waals surface area contributed by atoms with Gasteiger partial charge in [-0.2, -0.15) is 0 Å². The summed E-state index contributed by atoms with van der Waals surface area (Å²) in [5.41, 5.74) is 4.75. The number of nitrogens with zero attached hydrogens (tertiary/aromatic N) is 1. The van der Waals surface area contributed by atoms with Gasteiger partial charge in [0.15, 0.2) is 0 Å². The van der Waals surface area contributed by atoms with Gasteiger partial charge in [0.25, 0.3) is 0 Å². The molecule has 1 aromatic heterocycles. The molecule has 0 spiro atoms. The lowest BCUT2D eigenvalue weighted by molar-refractivity contribution is -0.135. The molecule has 5 heteroatoms. The Labute approximate surface area is 171 Å². The van der Waals surface area contributed by atoms with Gasteiger partial charge in [-0.25, -0.2) is 0 Å². The minimum Gasteiger partial charge on any atom is -0.497 e. The standard InChI is InChI=1S/C24H28N2O3/c1-3-17-5-4-6-20-22(16-25-24(17)20)21(18-7-9-19(28-2)10-8-18)15-23(27)26-11-13-29-14-12-26/h4-10,16,21,25H,3,11-15H2,1-2H3/t21-/m1/s1. The molecule has 1 amide bonds. The normalized spacial score (nSPS) is 15.4. The second-order valence-electron chi connectivity index (χ2n) is 7.46. The number of aryl methyl sites for hydroxylation is 1. The van der Waals surface area contributed by atoms with Crippen LogP contribution < -0.4 is 4.74 Å². The van der Waals surface area contributed by atoms with E-state index in [0.717, 1.165) is 17.7 Å². The smallest absolute Gasteiger partial charge is 0.223 e. The van der Waals surface area contributed by atoms with Gasteiger partial charge in [-0.05, 0) is 35.2 Å². The SMILES string of the molecule is CCc1cccc2c([C@H](CC(=O)N3CCOCC3)c3ccc(OC)cc3)c[nH]c12. The molecule has 2 heterocycles. The molecule has 0 bridgehead atoms. The van der Waals surface area contributed by atoms with Crippen molar-refractivity contribution in [3.63, 3.8) is 0 Å². The number of carbonyl (C=O) groups excluding carboxylic acids is 1. The third kappa shape index (κ3) is 4.01. The Balaban J connectivity index is 1.72. The van der Waals surface area contributed by atoms with Crippen molar-refractivity contribution in [3.8, 4) is 5.75 Å². The predicted octanol–water partition coefficient (Wildman–Crippen LogP) is 4.12. The summed E-state index contributed by atoms with van der Waals surface area (Å²) in [5.74, 6) is 0.978. The molecule has 1 fully saturated rings. The summed E-state index contributed by atoms with van der Waals surface area (Å²) in [4.78, 5) is 18.5. The number of para-hydroxylation sites is 1. The third-order valence-corrected chi connectivity index (χ3v) is 5.85.